The third kappa shape index (κ3) is 1.39. The van der Waals surface area contributed by atoms with Gasteiger partial charge in [0, 0.05) is 0 Å². The smallest absolute Gasteiger partial charge is 0.134 e. The lowest BCUT2D eigenvalue weighted by atomic mass is 9.59. The maximum atomic E-state index is 11.8. The average molecular weight is 264 g/mol. The molecule has 0 saturated heterocycles. The van der Waals surface area contributed by atoms with Gasteiger partial charge in [-0.3, -0.25) is 0 Å². The van der Waals surface area contributed by atoms with Gasteiger partial charge in [-0.15, -0.1) is 0 Å². The summed E-state index contributed by atoms with van der Waals surface area (Å²) in [6.45, 7) is 3.84. The molecular weight excluding hydrogens is 248 g/mol. The third-order valence-corrected chi connectivity index (χ3v) is 4.56. The van der Waals surface area contributed by atoms with Crippen LogP contribution in [-0.2, 0) is 20.4 Å². The lowest BCUT2D eigenvalue weighted by Gasteiger charge is -2.41. The molecule has 2 aromatic rings. The molecule has 0 amide bonds. The topological polar surface area (TPSA) is 34.1 Å². The maximum absolute atomic E-state index is 11.8. The van der Waals surface area contributed by atoms with Crippen molar-refractivity contribution in [1.29, 1.82) is 0 Å². The van der Waals surface area contributed by atoms with Crippen LogP contribution in [0.4, 0.5) is 0 Å². The van der Waals surface area contributed by atoms with E-state index in [1.807, 2.05) is 62.4 Å². The summed E-state index contributed by atoms with van der Waals surface area (Å²) in [7, 11) is 0. The zero-order chi connectivity index (χ0) is 14.4. The van der Waals surface area contributed by atoms with E-state index in [4.69, 9.17) is 0 Å². The van der Waals surface area contributed by atoms with Crippen LogP contribution in [0.25, 0.3) is 0 Å². The molecule has 1 aliphatic carbocycles. The zero-order valence-corrected chi connectivity index (χ0v) is 11.6. The molecule has 100 valence electrons. The number of carbonyl (C=O) groups excluding carboxylic acids is 2. The van der Waals surface area contributed by atoms with Crippen LogP contribution in [0.3, 0.4) is 0 Å². The van der Waals surface area contributed by atoms with Crippen molar-refractivity contribution in [3.8, 4) is 0 Å². The summed E-state index contributed by atoms with van der Waals surface area (Å²) in [4.78, 5) is 23.6. The second-order valence-corrected chi connectivity index (χ2v) is 5.73. The molecule has 0 heterocycles. The van der Waals surface area contributed by atoms with Gasteiger partial charge in [-0.1, -0.05) is 48.5 Å². The van der Waals surface area contributed by atoms with E-state index in [-0.39, 0.29) is 0 Å². The highest BCUT2D eigenvalue weighted by molar-refractivity contribution is 5.86. The molecular formula is C18H16O2. The van der Waals surface area contributed by atoms with Crippen LogP contribution in [0.5, 0.6) is 0 Å². The first kappa shape index (κ1) is 12.8. The lowest BCUT2D eigenvalue weighted by molar-refractivity contribution is -0.113. The molecule has 0 fully saturated rings. The van der Waals surface area contributed by atoms with Gasteiger partial charge in [-0.2, -0.15) is 0 Å². The fraction of sp³-hybridized carbons (Fsp3) is 0.222. The van der Waals surface area contributed by atoms with Crippen LogP contribution in [0.1, 0.15) is 36.1 Å². The highest BCUT2D eigenvalue weighted by atomic mass is 16.1. The minimum absolute atomic E-state index is 0.699. The Balaban J connectivity index is 2.47. The Labute approximate surface area is 118 Å². The van der Waals surface area contributed by atoms with Gasteiger partial charge in [0.05, 0.1) is 10.8 Å². The van der Waals surface area contributed by atoms with E-state index in [0.29, 0.717) is 0 Å². The second-order valence-electron chi connectivity index (χ2n) is 5.73. The number of rotatable bonds is 2. The quantitative estimate of drug-likeness (QED) is 0.781. The number of aldehydes is 2. The molecule has 1 aliphatic rings. The van der Waals surface area contributed by atoms with E-state index in [2.05, 4.69) is 0 Å². The normalized spacial score (nSPS) is 27.3. The van der Waals surface area contributed by atoms with Crippen molar-refractivity contribution in [2.45, 2.75) is 24.7 Å². The van der Waals surface area contributed by atoms with Crippen LogP contribution >= 0.6 is 0 Å². The summed E-state index contributed by atoms with van der Waals surface area (Å²) in [6.07, 6.45) is 1.96. The SMILES string of the molecule is CC1(C=O)c2ccccc2C(C)(C=O)c2ccccc21. The molecule has 0 aromatic heterocycles. The molecule has 0 bridgehead atoms. The molecule has 2 aromatic carbocycles. The monoisotopic (exact) mass is 264 g/mol. The molecule has 0 unspecified atom stereocenters. The highest BCUT2D eigenvalue weighted by Crippen LogP contribution is 2.47. The highest BCUT2D eigenvalue weighted by Gasteiger charge is 2.45. The molecule has 2 heteroatoms. The Hall–Kier alpha value is -2.22. The Kier molecular flexibility index (Phi) is 2.65. The fourth-order valence-corrected chi connectivity index (χ4v) is 3.32. The second kappa shape index (κ2) is 4.14. The van der Waals surface area contributed by atoms with E-state index < -0.39 is 10.8 Å². The van der Waals surface area contributed by atoms with E-state index in [1.54, 1.807) is 0 Å². The van der Waals surface area contributed by atoms with Gasteiger partial charge >= 0.3 is 0 Å². The first-order valence-electron chi connectivity index (χ1n) is 6.70. The molecule has 0 radical (unpaired) electrons. The molecule has 0 aliphatic heterocycles. The average Bonchev–Trinajstić information content (AvgIpc) is 2.52. The largest absolute Gasteiger partial charge is 0.302 e. The fourth-order valence-electron chi connectivity index (χ4n) is 3.32. The van der Waals surface area contributed by atoms with Crippen LogP contribution in [-0.4, -0.2) is 12.6 Å². The van der Waals surface area contributed by atoms with Crippen molar-refractivity contribution >= 4 is 12.6 Å². The van der Waals surface area contributed by atoms with E-state index in [9.17, 15) is 9.59 Å². The molecule has 2 nitrogen and oxygen atoms in total. The van der Waals surface area contributed by atoms with Gasteiger partial charge in [0.2, 0.25) is 0 Å². The first-order chi connectivity index (χ1) is 9.58. The predicted molar refractivity (Wildman–Crippen MR) is 77.9 cm³/mol. The molecule has 0 spiro atoms. The Morgan fingerprint density at radius 2 is 0.900 bits per heavy atom. The number of carbonyl (C=O) groups is 2. The minimum Gasteiger partial charge on any atom is -0.302 e. The van der Waals surface area contributed by atoms with Crippen molar-refractivity contribution in [2.24, 2.45) is 0 Å². The number of hydrogen-bond donors (Lipinski definition) is 0. The van der Waals surface area contributed by atoms with Crippen LogP contribution in [0.2, 0.25) is 0 Å². The Bertz CT molecular complexity index is 593. The van der Waals surface area contributed by atoms with E-state index >= 15 is 0 Å². The first-order valence-corrected chi connectivity index (χ1v) is 6.70. The maximum Gasteiger partial charge on any atom is 0.134 e. The number of benzene rings is 2. The van der Waals surface area contributed by atoms with E-state index in [1.165, 1.54) is 0 Å². The van der Waals surface area contributed by atoms with Crippen molar-refractivity contribution in [3.63, 3.8) is 0 Å². The third-order valence-electron chi connectivity index (χ3n) is 4.56. The van der Waals surface area contributed by atoms with Gasteiger partial charge < -0.3 is 9.59 Å². The molecule has 20 heavy (non-hydrogen) atoms. The predicted octanol–water partition coefficient (Wildman–Crippen LogP) is 3.01. The Morgan fingerprint density at radius 1 is 0.650 bits per heavy atom. The van der Waals surface area contributed by atoms with Crippen molar-refractivity contribution in [3.05, 3.63) is 70.8 Å². The van der Waals surface area contributed by atoms with Crippen molar-refractivity contribution < 1.29 is 9.59 Å². The van der Waals surface area contributed by atoms with Crippen LogP contribution in [0.15, 0.2) is 48.5 Å². The molecule has 0 atom stereocenters. The standard InChI is InChI=1S/C18H16O2/c1-17(11-19)13-7-3-5-9-15(13)18(2,12-20)16-10-6-4-8-14(16)17/h3-12H,1-2H3. The summed E-state index contributed by atoms with van der Waals surface area (Å²) in [6, 6.07) is 15.4. The molecule has 0 saturated carbocycles. The summed E-state index contributed by atoms with van der Waals surface area (Å²) >= 11 is 0. The number of fused-ring (bicyclic) bond motifs is 2. The van der Waals surface area contributed by atoms with E-state index in [0.717, 1.165) is 34.8 Å². The molecule has 0 N–H and O–H groups in total. The summed E-state index contributed by atoms with van der Waals surface area (Å²) in [5.41, 5.74) is 2.28. The van der Waals surface area contributed by atoms with Crippen LogP contribution in [0, 0.1) is 0 Å². The Morgan fingerprint density at radius 3 is 1.10 bits per heavy atom. The summed E-state index contributed by atoms with van der Waals surface area (Å²) in [5, 5.41) is 0. The zero-order valence-electron chi connectivity index (χ0n) is 11.6. The van der Waals surface area contributed by atoms with Gasteiger partial charge in [0.15, 0.2) is 0 Å². The van der Waals surface area contributed by atoms with Crippen molar-refractivity contribution in [2.75, 3.05) is 0 Å². The van der Waals surface area contributed by atoms with Gasteiger partial charge in [-0.25, -0.2) is 0 Å². The van der Waals surface area contributed by atoms with Crippen LogP contribution < -0.4 is 0 Å². The summed E-state index contributed by atoms with van der Waals surface area (Å²) < 4.78 is 0. The number of hydrogen-bond acceptors (Lipinski definition) is 2. The lowest BCUT2D eigenvalue weighted by Crippen LogP contribution is -2.41. The van der Waals surface area contributed by atoms with Gasteiger partial charge in [-0.05, 0) is 36.1 Å². The minimum atomic E-state index is -0.699. The summed E-state index contributed by atoms with van der Waals surface area (Å²) in [5.74, 6) is 0. The van der Waals surface area contributed by atoms with Gasteiger partial charge in [0.25, 0.3) is 0 Å². The van der Waals surface area contributed by atoms with Crippen molar-refractivity contribution in [1.82, 2.24) is 0 Å². The van der Waals surface area contributed by atoms with Gasteiger partial charge in [0.1, 0.15) is 12.6 Å². The molecule has 3 rings (SSSR count).